The van der Waals surface area contributed by atoms with Crippen molar-refractivity contribution in [3.05, 3.63) is 35.9 Å². The fourth-order valence-electron chi connectivity index (χ4n) is 3.04. The predicted molar refractivity (Wildman–Crippen MR) is 109 cm³/mol. The molecule has 2 N–H and O–H groups in total. The van der Waals surface area contributed by atoms with Crippen LogP contribution in [0, 0.1) is 0 Å². The Kier molecular flexibility index (Phi) is 4.13. The van der Waals surface area contributed by atoms with E-state index in [1.807, 2.05) is 25.1 Å². The van der Waals surface area contributed by atoms with E-state index in [9.17, 15) is 9.59 Å². The van der Waals surface area contributed by atoms with Crippen LogP contribution in [-0.2, 0) is 4.79 Å². The van der Waals surface area contributed by atoms with E-state index in [2.05, 4.69) is 15.6 Å². The zero-order chi connectivity index (χ0) is 19.3. The maximum absolute atomic E-state index is 12.7. The Labute approximate surface area is 168 Å². The number of nitrogens with zero attached hydrogens (tertiary/aromatic N) is 1. The van der Waals surface area contributed by atoms with Crippen LogP contribution in [0.2, 0.25) is 0 Å². The Morgan fingerprint density at radius 1 is 1.21 bits per heavy atom. The second kappa shape index (κ2) is 6.68. The van der Waals surface area contributed by atoms with E-state index in [-0.39, 0.29) is 17.1 Å². The second-order valence-corrected chi connectivity index (χ2v) is 8.81. The molecule has 0 spiro atoms. The number of thioether (sulfide) groups is 1. The topological polar surface area (TPSA) is 89.6 Å². The van der Waals surface area contributed by atoms with Gasteiger partial charge in [-0.3, -0.25) is 14.9 Å². The fraction of sp³-hybridized carbons (Fsp3) is 0.211. The first-order valence-corrected chi connectivity index (χ1v) is 10.4. The van der Waals surface area contributed by atoms with Gasteiger partial charge in [0.2, 0.25) is 5.91 Å². The number of hydrogen-bond donors (Lipinski definition) is 2. The number of anilines is 2. The van der Waals surface area contributed by atoms with Gasteiger partial charge in [0.1, 0.15) is 13.2 Å². The van der Waals surface area contributed by atoms with E-state index in [4.69, 9.17) is 9.47 Å². The first-order chi connectivity index (χ1) is 13.6. The molecule has 0 radical (unpaired) electrons. The highest BCUT2D eigenvalue weighted by molar-refractivity contribution is 8.00. The molecule has 5 rings (SSSR count). The summed E-state index contributed by atoms with van der Waals surface area (Å²) in [5.74, 6) is 1.02. The molecule has 1 atom stereocenters. The maximum Gasteiger partial charge on any atom is 0.257 e. The highest BCUT2D eigenvalue weighted by Gasteiger charge is 2.24. The molecule has 0 saturated heterocycles. The molecule has 2 aliphatic rings. The number of hydrogen-bond acceptors (Lipinski definition) is 7. The van der Waals surface area contributed by atoms with Crippen LogP contribution in [0.4, 0.5) is 10.8 Å². The van der Waals surface area contributed by atoms with Crippen LogP contribution in [0.25, 0.3) is 10.2 Å². The van der Waals surface area contributed by atoms with Gasteiger partial charge in [0.25, 0.3) is 5.91 Å². The Morgan fingerprint density at radius 3 is 2.82 bits per heavy atom. The fourth-order valence-corrected chi connectivity index (χ4v) is 4.84. The summed E-state index contributed by atoms with van der Waals surface area (Å²) in [6.45, 7) is 2.88. The van der Waals surface area contributed by atoms with Gasteiger partial charge in [0.05, 0.1) is 21.2 Å². The summed E-state index contributed by atoms with van der Waals surface area (Å²) >= 11 is 2.85. The third-order valence-corrected chi connectivity index (χ3v) is 6.56. The second-order valence-electron chi connectivity index (χ2n) is 6.40. The molecule has 0 saturated carbocycles. The van der Waals surface area contributed by atoms with Gasteiger partial charge in [0, 0.05) is 22.6 Å². The predicted octanol–water partition coefficient (Wildman–Crippen LogP) is 3.75. The number of aromatic nitrogens is 1. The largest absolute Gasteiger partial charge is 0.486 e. The monoisotopic (exact) mass is 413 g/mol. The van der Waals surface area contributed by atoms with Crippen molar-refractivity contribution in [1.29, 1.82) is 0 Å². The molecule has 3 aromatic rings. The number of fused-ring (bicyclic) bond motifs is 3. The lowest BCUT2D eigenvalue weighted by Crippen LogP contribution is -2.26. The summed E-state index contributed by atoms with van der Waals surface area (Å²) in [6, 6.07) is 8.99. The normalized spacial score (nSPS) is 17.8. The molecular formula is C19H15N3O4S2. The molecule has 3 heterocycles. The number of ether oxygens (including phenoxy) is 2. The van der Waals surface area contributed by atoms with Crippen LogP contribution in [0.1, 0.15) is 17.3 Å². The van der Waals surface area contributed by atoms with Gasteiger partial charge in [-0.05, 0) is 25.1 Å². The number of amides is 2. The third kappa shape index (κ3) is 3.06. The van der Waals surface area contributed by atoms with Crippen molar-refractivity contribution < 1.29 is 19.1 Å². The number of benzene rings is 2. The minimum Gasteiger partial charge on any atom is -0.486 e. The molecule has 9 heteroatoms. The van der Waals surface area contributed by atoms with Crippen molar-refractivity contribution >= 4 is 55.9 Å². The highest BCUT2D eigenvalue weighted by atomic mass is 32.2. The Morgan fingerprint density at radius 2 is 2.00 bits per heavy atom. The number of nitrogens with one attached hydrogen (secondary N) is 2. The minimum absolute atomic E-state index is 0.0605. The van der Waals surface area contributed by atoms with E-state index in [1.54, 1.807) is 12.1 Å². The molecule has 0 fully saturated rings. The zero-order valence-electron chi connectivity index (χ0n) is 14.8. The summed E-state index contributed by atoms with van der Waals surface area (Å²) in [6.07, 6.45) is 0. The smallest absolute Gasteiger partial charge is 0.257 e. The van der Waals surface area contributed by atoms with E-state index in [0.717, 1.165) is 15.1 Å². The minimum atomic E-state index is -0.281. The van der Waals surface area contributed by atoms with Gasteiger partial charge in [0.15, 0.2) is 16.6 Å². The van der Waals surface area contributed by atoms with E-state index < -0.39 is 0 Å². The van der Waals surface area contributed by atoms with Gasteiger partial charge < -0.3 is 14.8 Å². The molecule has 0 aliphatic carbocycles. The van der Waals surface area contributed by atoms with Gasteiger partial charge in [-0.15, -0.1) is 11.8 Å². The van der Waals surface area contributed by atoms with Crippen molar-refractivity contribution in [1.82, 2.24) is 4.98 Å². The molecule has 2 amide bonds. The zero-order valence-corrected chi connectivity index (χ0v) is 16.4. The molecular weight excluding hydrogens is 398 g/mol. The molecule has 0 bridgehead atoms. The van der Waals surface area contributed by atoms with Crippen molar-refractivity contribution in [3.8, 4) is 11.5 Å². The lowest BCUT2D eigenvalue weighted by Gasteiger charge is -2.21. The SMILES string of the molecule is CC1Sc2ccc(C(=O)Nc3nc4cc5c(cc4s3)OCCO5)cc2NC1=O. The van der Waals surface area contributed by atoms with Crippen LogP contribution < -0.4 is 20.1 Å². The summed E-state index contributed by atoms with van der Waals surface area (Å²) < 4.78 is 12.1. The van der Waals surface area contributed by atoms with E-state index in [0.29, 0.717) is 41.1 Å². The third-order valence-electron chi connectivity index (χ3n) is 4.45. The first-order valence-electron chi connectivity index (χ1n) is 8.70. The summed E-state index contributed by atoms with van der Waals surface area (Å²) in [5.41, 5.74) is 1.86. The molecule has 1 unspecified atom stereocenters. The quantitative estimate of drug-likeness (QED) is 0.665. The van der Waals surface area contributed by atoms with Gasteiger partial charge in [-0.2, -0.15) is 0 Å². The van der Waals surface area contributed by atoms with Crippen molar-refractivity contribution in [2.75, 3.05) is 23.8 Å². The van der Waals surface area contributed by atoms with Gasteiger partial charge >= 0.3 is 0 Å². The number of rotatable bonds is 2. The van der Waals surface area contributed by atoms with E-state index >= 15 is 0 Å². The lowest BCUT2D eigenvalue weighted by atomic mass is 10.2. The summed E-state index contributed by atoms with van der Waals surface area (Å²) in [4.78, 5) is 30.0. The lowest BCUT2D eigenvalue weighted by molar-refractivity contribution is -0.115. The van der Waals surface area contributed by atoms with Gasteiger partial charge in [-0.1, -0.05) is 11.3 Å². The summed E-state index contributed by atoms with van der Waals surface area (Å²) in [5, 5.41) is 6.02. The molecule has 142 valence electrons. The number of thiazole rings is 1. The first kappa shape index (κ1) is 17.3. The number of carbonyl (C=O) groups excluding carboxylic acids is 2. The highest BCUT2D eigenvalue weighted by Crippen LogP contribution is 2.38. The Bertz CT molecular complexity index is 1080. The molecule has 28 heavy (non-hydrogen) atoms. The molecule has 2 aromatic carbocycles. The standard InChI is InChI=1S/C19H15N3O4S2/c1-9-17(23)20-11-6-10(2-3-15(11)27-9)18(24)22-19-21-12-7-13-14(8-16(12)28-19)26-5-4-25-13/h2-3,6-9H,4-5H2,1H3,(H,20,23)(H,21,22,24). The van der Waals surface area contributed by atoms with Crippen LogP contribution >= 0.6 is 23.1 Å². The van der Waals surface area contributed by atoms with Crippen LogP contribution in [-0.4, -0.2) is 35.3 Å². The maximum atomic E-state index is 12.7. The molecule has 7 nitrogen and oxygen atoms in total. The average molecular weight is 413 g/mol. The van der Waals surface area contributed by atoms with Crippen molar-refractivity contribution in [2.24, 2.45) is 0 Å². The van der Waals surface area contributed by atoms with Crippen LogP contribution in [0.5, 0.6) is 11.5 Å². The Balaban J connectivity index is 1.39. The van der Waals surface area contributed by atoms with E-state index in [1.165, 1.54) is 23.1 Å². The average Bonchev–Trinajstić information content (AvgIpc) is 3.07. The summed E-state index contributed by atoms with van der Waals surface area (Å²) in [7, 11) is 0. The van der Waals surface area contributed by atoms with Crippen molar-refractivity contribution in [3.63, 3.8) is 0 Å². The Hall–Kier alpha value is -2.78. The van der Waals surface area contributed by atoms with Crippen LogP contribution in [0.3, 0.4) is 0 Å². The number of carbonyl (C=O) groups is 2. The van der Waals surface area contributed by atoms with Gasteiger partial charge in [-0.25, -0.2) is 4.98 Å². The molecule has 1 aromatic heterocycles. The van der Waals surface area contributed by atoms with Crippen molar-refractivity contribution in [2.45, 2.75) is 17.1 Å². The van der Waals surface area contributed by atoms with Crippen LogP contribution in [0.15, 0.2) is 35.2 Å². The molecule has 2 aliphatic heterocycles.